The third-order valence-corrected chi connectivity index (χ3v) is 3.04. The first-order chi connectivity index (χ1) is 8.36. The molecule has 3 heterocycles. The van der Waals surface area contributed by atoms with Crippen molar-refractivity contribution in [3.05, 3.63) is 29.7 Å². The van der Waals surface area contributed by atoms with Crippen molar-refractivity contribution >= 4 is 11.9 Å². The Hall–Kier alpha value is -1.75. The first kappa shape index (κ1) is 10.4. The maximum atomic E-state index is 10.7. The van der Waals surface area contributed by atoms with Gasteiger partial charge in [-0.1, -0.05) is 0 Å². The maximum Gasteiger partial charge on any atom is 0.157 e. The van der Waals surface area contributed by atoms with Gasteiger partial charge in [-0.05, 0) is 25.0 Å². The average molecular weight is 231 g/mol. The lowest BCUT2D eigenvalue weighted by Gasteiger charge is -2.18. The molecule has 3 rings (SSSR count). The lowest BCUT2D eigenvalue weighted by molar-refractivity contribution is 0.0781. The Bertz CT molecular complexity index is 544. The van der Waals surface area contributed by atoms with Gasteiger partial charge in [0, 0.05) is 24.3 Å². The molecule has 1 aliphatic rings. The van der Waals surface area contributed by atoms with E-state index in [-0.39, 0.29) is 5.92 Å². The Morgan fingerprint density at radius 3 is 3.24 bits per heavy atom. The fourth-order valence-electron chi connectivity index (χ4n) is 2.11. The topological polar surface area (TPSA) is 56.5 Å². The summed E-state index contributed by atoms with van der Waals surface area (Å²) in [7, 11) is 0. The van der Waals surface area contributed by atoms with Crippen LogP contribution in [0.5, 0.6) is 0 Å². The second kappa shape index (κ2) is 4.25. The zero-order chi connectivity index (χ0) is 11.7. The van der Waals surface area contributed by atoms with E-state index >= 15 is 0 Å². The number of pyridine rings is 1. The summed E-state index contributed by atoms with van der Waals surface area (Å²) in [6.07, 6.45) is 4.70. The highest BCUT2D eigenvalue weighted by Gasteiger charge is 2.20. The summed E-state index contributed by atoms with van der Waals surface area (Å²) in [6, 6.07) is 3.48. The molecular formula is C12H13N3O2. The number of hydrogen-bond acceptors (Lipinski definition) is 4. The van der Waals surface area contributed by atoms with Crippen molar-refractivity contribution in [2.75, 3.05) is 13.2 Å². The molecule has 1 atom stereocenters. The van der Waals surface area contributed by atoms with Crippen LogP contribution < -0.4 is 0 Å². The lowest BCUT2D eigenvalue weighted by Crippen LogP contribution is -2.16. The van der Waals surface area contributed by atoms with Crippen molar-refractivity contribution < 1.29 is 9.53 Å². The summed E-state index contributed by atoms with van der Waals surface area (Å²) in [5, 5.41) is 4.42. The van der Waals surface area contributed by atoms with E-state index < -0.39 is 0 Å². The molecule has 0 radical (unpaired) electrons. The minimum atomic E-state index is 0.281. The normalized spacial score (nSPS) is 20.6. The van der Waals surface area contributed by atoms with Gasteiger partial charge >= 0.3 is 0 Å². The minimum absolute atomic E-state index is 0.281. The van der Waals surface area contributed by atoms with Crippen LogP contribution in [0.1, 0.15) is 34.9 Å². The molecule has 1 aliphatic heterocycles. The summed E-state index contributed by atoms with van der Waals surface area (Å²) in [5.41, 5.74) is 1.34. The maximum absolute atomic E-state index is 10.7. The van der Waals surface area contributed by atoms with Crippen molar-refractivity contribution in [3.8, 4) is 0 Å². The predicted molar refractivity (Wildman–Crippen MR) is 61.2 cm³/mol. The molecule has 0 saturated carbocycles. The molecule has 2 aromatic rings. The molecule has 0 amide bonds. The van der Waals surface area contributed by atoms with Gasteiger partial charge in [-0.2, -0.15) is 5.10 Å². The highest BCUT2D eigenvalue weighted by Crippen LogP contribution is 2.23. The summed E-state index contributed by atoms with van der Waals surface area (Å²) in [6.45, 7) is 1.52. The van der Waals surface area contributed by atoms with Crippen LogP contribution in [0.25, 0.3) is 5.65 Å². The Morgan fingerprint density at radius 2 is 2.47 bits per heavy atom. The van der Waals surface area contributed by atoms with Crippen LogP contribution in [0.4, 0.5) is 0 Å². The smallest absolute Gasteiger partial charge is 0.157 e. The standard InChI is InChI=1S/C12H13N3O2/c16-7-9-3-4-15-11(6-9)13-12(14-15)10-2-1-5-17-8-10/h3-4,6-7,10H,1-2,5,8H2. The largest absolute Gasteiger partial charge is 0.381 e. The number of hydrogen-bond donors (Lipinski definition) is 0. The number of fused-ring (bicyclic) bond motifs is 1. The Labute approximate surface area is 98.4 Å². The second-order valence-corrected chi connectivity index (χ2v) is 4.26. The third-order valence-electron chi connectivity index (χ3n) is 3.04. The molecule has 5 heteroatoms. The molecule has 0 spiro atoms. The van der Waals surface area contributed by atoms with Gasteiger partial charge in [-0.15, -0.1) is 0 Å². The van der Waals surface area contributed by atoms with Gasteiger partial charge in [-0.3, -0.25) is 4.79 Å². The first-order valence-corrected chi connectivity index (χ1v) is 5.76. The van der Waals surface area contributed by atoms with Crippen LogP contribution in [-0.4, -0.2) is 34.1 Å². The Kier molecular flexibility index (Phi) is 2.60. The molecule has 0 N–H and O–H groups in total. The average Bonchev–Trinajstić information content (AvgIpc) is 2.82. The molecule has 0 aromatic carbocycles. The molecule has 0 aliphatic carbocycles. The molecule has 0 bridgehead atoms. The SMILES string of the molecule is O=Cc1ccn2nc(C3CCCOC3)nc2c1. The molecule has 5 nitrogen and oxygen atoms in total. The molecule has 17 heavy (non-hydrogen) atoms. The minimum Gasteiger partial charge on any atom is -0.381 e. The zero-order valence-corrected chi connectivity index (χ0v) is 9.37. The van der Waals surface area contributed by atoms with Crippen molar-refractivity contribution in [3.63, 3.8) is 0 Å². The summed E-state index contributed by atoms with van der Waals surface area (Å²) >= 11 is 0. The number of aldehydes is 1. The number of carbonyl (C=O) groups is 1. The Morgan fingerprint density at radius 1 is 1.53 bits per heavy atom. The third kappa shape index (κ3) is 1.93. The fourth-order valence-corrected chi connectivity index (χ4v) is 2.11. The summed E-state index contributed by atoms with van der Waals surface area (Å²) < 4.78 is 7.14. The lowest BCUT2D eigenvalue weighted by atomic mass is 10.0. The van der Waals surface area contributed by atoms with Crippen molar-refractivity contribution in [1.82, 2.24) is 14.6 Å². The van der Waals surface area contributed by atoms with Crippen LogP contribution in [0.3, 0.4) is 0 Å². The highest BCUT2D eigenvalue weighted by molar-refractivity contribution is 5.76. The predicted octanol–water partition coefficient (Wildman–Crippen LogP) is 1.44. The first-order valence-electron chi connectivity index (χ1n) is 5.76. The van der Waals surface area contributed by atoms with Crippen LogP contribution >= 0.6 is 0 Å². The molecule has 1 unspecified atom stereocenters. The van der Waals surface area contributed by atoms with Crippen LogP contribution in [0.15, 0.2) is 18.3 Å². The number of rotatable bonds is 2. The van der Waals surface area contributed by atoms with Crippen molar-refractivity contribution in [2.45, 2.75) is 18.8 Å². The van der Waals surface area contributed by atoms with E-state index in [1.165, 1.54) is 0 Å². The van der Waals surface area contributed by atoms with E-state index in [1.54, 1.807) is 22.8 Å². The van der Waals surface area contributed by atoms with E-state index in [9.17, 15) is 4.79 Å². The van der Waals surface area contributed by atoms with Gasteiger partial charge in [0.15, 0.2) is 11.5 Å². The van der Waals surface area contributed by atoms with Gasteiger partial charge < -0.3 is 4.74 Å². The molecule has 1 saturated heterocycles. The number of nitrogens with zero attached hydrogens (tertiary/aromatic N) is 3. The van der Waals surface area contributed by atoms with Crippen molar-refractivity contribution in [1.29, 1.82) is 0 Å². The molecule has 88 valence electrons. The van der Waals surface area contributed by atoms with Gasteiger partial charge in [0.25, 0.3) is 0 Å². The highest BCUT2D eigenvalue weighted by atomic mass is 16.5. The van der Waals surface area contributed by atoms with E-state index in [0.29, 0.717) is 12.2 Å². The molecule has 2 aromatic heterocycles. The van der Waals surface area contributed by atoms with Gasteiger partial charge in [0.2, 0.25) is 0 Å². The zero-order valence-electron chi connectivity index (χ0n) is 9.37. The quantitative estimate of drug-likeness (QED) is 0.734. The van der Waals surface area contributed by atoms with E-state index in [0.717, 1.165) is 37.2 Å². The second-order valence-electron chi connectivity index (χ2n) is 4.26. The van der Waals surface area contributed by atoms with E-state index in [2.05, 4.69) is 10.1 Å². The fraction of sp³-hybridized carbons (Fsp3) is 0.417. The van der Waals surface area contributed by atoms with Gasteiger partial charge in [0.05, 0.1) is 6.61 Å². The van der Waals surface area contributed by atoms with Crippen molar-refractivity contribution in [2.24, 2.45) is 0 Å². The van der Waals surface area contributed by atoms with Crippen LogP contribution in [0, 0.1) is 0 Å². The summed E-state index contributed by atoms with van der Waals surface area (Å²) in [4.78, 5) is 15.1. The Balaban J connectivity index is 1.97. The molecule has 1 fully saturated rings. The van der Waals surface area contributed by atoms with Gasteiger partial charge in [-0.25, -0.2) is 9.50 Å². The number of carbonyl (C=O) groups excluding carboxylic acids is 1. The van der Waals surface area contributed by atoms with Gasteiger partial charge in [0.1, 0.15) is 6.29 Å². The van der Waals surface area contributed by atoms with Crippen LogP contribution in [-0.2, 0) is 4.74 Å². The number of ether oxygens (including phenoxy) is 1. The van der Waals surface area contributed by atoms with Crippen LogP contribution in [0.2, 0.25) is 0 Å². The molecular weight excluding hydrogens is 218 g/mol. The van der Waals surface area contributed by atoms with E-state index in [4.69, 9.17) is 4.74 Å². The monoisotopic (exact) mass is 231 g/mol. The number of aromatic nitrogens is 3. The van der Waals surface area contributed by atoms with E-state index in [1.807, 2.05) is 0 Å². The summed E-state index contributed by atoms with van der Waals surface area (Å²) in [5.74, 6) is 1.09.